The smallest absolute Gasteiger partial charge is 0.142 e. The van der Waals surface area contributed by atoms with Crippen molar-refractivity contribution in [3.63, 3.8) is 0 Å². The molecule has 0 fully saturated rings. The third kappa shape index (κ3) is 7.01. The summed E-state index contributed by atoms with van der Waals surface area (Å²) in [6.45, 7) is 14.0. The van der Waals surface area contributed by atoms with Gasteiger partial charge in [0, 0.05) is 36.5 Å². The van der Waals surface area contributed by atoms with Gasteiger partial charge >= 0.3 is 0 Å². The van der Waals surface area contributed by atoms with E-state index in [1.54, 1.807) is 22.7 Å². The highest BCUT2D eigenvalue weighted by Gasteiger charge is 2.19. The van der Waals surface area contributed by atoms with Crippen molar-refractivity contribution >= 4 is 59.5 Å². The van der Waals surface area contributed by atoms with E-state index in [2.05, 4.69) is 73.9 Å². The largest absolute Gasteiger partial charge is 0.366 e. The van der Waals surface area contributed by atoms with Crippen LogP contribution in [0.4, 0.5) is 5.69 Å². The van der Waals surface area contributed by atoms with Gasteiger partial charge in [0.15, 0.2) is 0 Å². The number of thiazole rings is 2. The summed E-state index contributed by atoms with van der Waals surface area (Å²) < 4.78 is 0. The fraction of sp³-hybridized carbons (Fsp3) is 0.435. The van der Waals surface area contributed by atoms with Crippen molar-refractivity contribution in [2.45, 2.75) is 53.4 Å². The average molecular weight is 500 g/mol. The molecule has 0 N–H and O–H groups in total. The Balaban J connectivity index is 0.00000240. The van der Waals surface area contributed by atoms with Gasteiger partial charge in [-0.05, 0) is 48.9 Å². The molecule has 4 nitrogen and oxygen atoms in total. The van der Waals surface area contributed by atoms with Gasteiger partial charge in [-0.15, -0.1) is 47.5 Å². The third-order valence-electron chi connectivity index (χ3n) is 4.90. The highest BCUT2D eigenvalue weighted by Crippen LogP contribution is 2.34. The molecule has 0 aliphatic carbocycles. The first-order valence-corrected chi connectivity index (χ1v) is 11.6. The molecular formula is C23H32Cl2N4S2. The van der Waals surface area contributed by atoms with Crippen LogP contribution in [-0.4, -0.2) is 34.8 Å². The van der Waals surface area contributed by atoms with Crippen LogP contribution in [0.15, 0.2) is 28.7 Å². The van der Waals surface area contributed by atoms with E-state index in [9.17, 15) is 0 Å². The molecule has 1 aromatic carbocycles. The quantitative estimate of drug-likeness (QED) is 0.265. The monoisotopic (exact) mass is 498 g/mol. The zero-order valence-electron chi connectivity index (χ0n) is 19.2. The molecule has 2 heterocycles. The highest BCUT2D eigenvalue weighted by atomic mass is 35.5. The molecule has 31 heavy (non-hydrogen) atoms. The van der Waals surface area contributed by atoms with Crippen LogP contribution in [0, 0.1) is 13.8 Å². The molecule has 0 saturated carbocycles. The molecule has 8 heteroatoms. The van der Waals surface area contributed by atoms with Crippen LogP contribution in [0.2, 0.25) is 0 Å². The van der Waals surface area contributed by atoms with Crippen molar-refractivity contribution < 1.29 is 0 Å². The second-order valence-electron chi connectivity index (χ2n) is 8.47. The van der Waals surface area contributed by atoms with Crippen LogP contribution in [0.5, 0.6) is 0 Å². The first-order valence-electron chi connectivity index (χ1n) is 9.93. The van der Waals surface area contributed by atoms with Crippen LogP contribution < -0.4 is 0 Å². The predicted octanol–water partition coefficient (Wildman–Crippen LogP) is 7.23. The minimum absolute atomic E-state index is 0. The van der Waals surface area contributed by atoms with Gasteiger partial charge < -0.3 is 4.90 Å². The Morgan fingerprint density at radius 3 is 2.45 bits per heavy atom. The summed E-state index contributed by atoms with van der Waals surface area (Å²) in [4.78, 5) is 17.5. The number of aromatic nitrogens is 2. The Bertz CT molecular complexity index is 1020. The Labute approximate surface area is 206 Å². The normalized spacial score (nSPS) is 11.3. The maximum absolute atomic E-state index is 4.87. The topological polar surface area (TPSA) is 41.4 Å². The highest BCUT2D eigenvalue weighted by molar-refractivity contribution is 7.15. The number of aryl methyl sites for hydroxylation is 2. The van der Waals surface area contributed by atoms with E-state index in [4.69, 9.17) is 4.98 Å². The van der Waals surface area contributed by atoms with Crippen molar-refractivity contribution in [2.24, 2.45) is 4.99 Å². The number of nitrogens with zero attached hydrogens (tertiary/aromatic N) is 4. The fourth-order valence-corrected chi connectivity index (χ4v) is 4.64. The zero-order valence-corrected chi connectivity index (χ0v) is 22.5. The molecule has 0 aliphatic heterocycles. The van der Waals surface area contributed by atoms with Crippen LogP contribution >= 0.6 is 47.5 Å². The van der Waals surface area contributed by atoms with E-state index in [0.717, 1.165) is 34.4 Å². The van der Waals surface area contributed by atoms with Crippen molar-refractivity contribution in [3.05, 3.63) is 50.3 Å². The maximum atomic E-state index is 4.87. The molecule has 0 bridgehead atoms. The van der Waals surface area contributed by atoms with Gasteiger partial charge in [0.2, 0.25) is 0 Å². The van der Waals surface area contributed by atoms with E-state index >= 15 is 0 Å². The van der Waals surface area contributed by atoms with Gasteiger partial charge in [-0.1, -0.05) is 26.8 Å². The van der Waals surface area contributed by atoms with Crippen LogP contribution in [0.1, 0.15) is 54.3 Å². The molecule has 3 rings (SSSR count). The molecule has 0 aliphatic rings. The minimum atomic E-state index is 0. The third-order valence-corrected chi connectivity index (χ3v) is 7.20. The number of benzene rings is 1. The molecule has 0 unspecified atom stereocenters. The zero-order chi connectivity index (χ0) is 21.2. The minimum Gasteiger partial charge on any atom is -0.366 e. The average Bonchev–Trinajstić information content (AvgIpc) is 3.32. The van der Waals surface area contributed by atoms with Gasteiger partial charge in [-0.2, -0.15) is 0 Å². The molecule has 2 aromatic heterocycles. The Morgan fingerprint density at radius 1 is 1.13 bits per heavy atom. The first kappa shape index (κ1) is 27.6. The second-order valence-corrected chi connectivity index (χ2v) is 10.4. The van der Waals surface area contributed by atoms with Gasteiger partial charge in [-0.3, -0.25) is 0 Å². The van der Waals surface area contributed by atoms with Gasteiger partial charge in [0.1, 0.15) is 10.7 Å². The van der Waals surface area contributed by atoms with E-state index in [1.807, 2.05) is 19.6 Å². The number of hydrogen-bond acceptors (Lipinski definition) is 5. The lowest BCUT2D eigenvalue weighted by Crippen LogP contribution is -2.14. The molecule has 0 spiro atoms. The SMILES string of the molecule is CCN(C)/C=N\c1cc(C)c(Cc2nc(-c3ncc(C(C)(C)C)s3)cs2)cc1C.Cl.Cl. The molecule has 3 aromatic rings. The lowest BCUT2D eigenvalue weighted by molar-refractivity contribution is 0.552. The standard InChI is InChI=1S/C23H30N4S2.2ClH/c1-8-27(7)14-25-18-10-15(2)17(9-16(18)3)11-21-26-19(13-28-21)22-24-12-20(29-22)23(4,5)6;;/h9-10,12-14H,8,11H2,1-7H3;2*1H/b25-14-;;. The Kier molecular flexibility index (Phi) is 10.1. The summed E-state index contributed by atoms with van der Waals surface area (Å²) in [6.07, 6.45) is 4.73. The summed E-state index contributed by atoms with van der Waals surface area (Å²) in [5, 5.41) is 4.26. The van der Waals surface area contributed by atoms with Gasteiger partial charge in [0.05, 0.1) is 17.0 Å². The summed E-state index contributed by atoms with van der Waals surface area (Å²) >= 11 is 3.45. The van der Waals surface area contributed by atoms with Gasteiger partial charge in [0.25, 0.3) is 0 Å². The number of aliphatic imine (C=N–C) groups is 1. The summed E-state index contributed by atoms with van der Waals surface area (Å²) in [6, 6.07) is 4.42. The predicted molar refractivity (Wildman–Crippen MR) is 142 cm³/mol. The Morgan fingerprint density at radius 2 is 1.84 bits per heavy atom. The van der Waals surface area contributed by atoms with E-state index < -0.39 is 0 Å². The number of halogens is 2. The van der Waals surface area contributed by atoms with Crippen molar-refractivity contribution in [2.75, 3.05) is 13.6 Å². The van der Waals surface area contributed by atoms with Crippen LogP contribution in [-0.2, 0) is 11.8 Å². The lowest BCUT2D eigenvalue weighted by Gasteiger charge is -2.14. The summed E-state index contributed by atoms with van der Waals surface area (Å²) in [5.41, 5.74) is 5.90. The number of rotatable bonds is 6. The fourth-order valence-electron chi connectivity index (χ4n) is 2.83. The van der Waals surface area contributed by atoms with Crippen molar-refractivity contribution in [1.82, 2.24) is 14.9 Å². The molecule has 0 atom stereocenters. The first-order chi connectivity index (χ1) is 13.7. The molecule has 0 amide bonds. The van der Waals surface area contributed by atoms with Crippen molar-refractivity contribution in [1.29, 1.82) is 0 Å². The molecule has 170 valence electrons. The maximum Gasteiger partial charge on any atom is 0.142 e. The number of hydrogen-bond donors (Lipinski definition) is 0. The summed E-state index contributed by atoms with van der Waals surface area (Å²) in [7, 11) is 2.03. The lowest BCUT2D eigenvalue weighted by atomic mass is 9.96. The molecule has 0 radical (unpaired) electrons. The van der Waals surface area contributed by atoms with E-state index in [1.165, 1.54) is 21.6 Å². The second kappa shape index (κ2) is 11.4. The van der Waals surface area contributed by atoms with Gasteiger partial charge in [-0.25, -0.2) is 15.0 Å². The molecule has 0 saturated heterocycles. The molecular weight excluding hydrogens is 467 g/mol. The summed E-state index contributed by atoms with van der Waals surface area (Å²) in [5.74, 6) is 0. The van der Waals surface area contributed by atoms with Crippen molar-refractivity contribution in [3.8, 4) is 10.7 Å². The van der Waals surface area contributed by atoms with Crippen LogP contribution in [0.25, 0.3) is 10.7 Å². The Hall–Kier alpha value is -1.47. The van der Waals surface area contributed by atoms with Crippen LogP contribution in [0.3, 0.4) is 0 Å². The van der Waals surface area contributed by atoms with E-state index in [-0.39, 0.29) is 30.2 Å². The van der Waals surface area contributed by atoms with E-state index in [0.29, 0.717) is 0 Å².